The summed E-state index contributed by atoms with van der Waals surface area (Å²) in [6.45, 7) is 1.16. The molecule has 0 saturated carbocycles. The maximum atomic E-state index is 10.6. The number of likely N-dealkylation sites (tertiary alicyclic amines) is 1. The third kappa shape index (κ3) is 3.64. The molecule has 0 amide bonds. The predicted octanol–water partition coefficient (Wildman–Crippen LogP) is 2.55. The highest BCUT2D eigenvalue weighted by molar-refractivity contribution is 5.49. The molecule has 2 rings (SSSR count). The quantitative estimate of drug-likeness (QED) is 0.800. The van der Waals surface area contributed by atoms with E-state index in [9.17, 15) is 9.90 Å². The van der Waals surface area contributed by atoms with Crippen molar-refractivity contribution in [3.63, 3.8) is 0 Å². The number of nitrogens with zero attached hydrogens (tertiary/aromatic N) is 1. The lowest BCUT2D eigenvalue weighted by Gasteiger charge is -2.40. The van der Waals surface area contributed by atoms with E-state index in [0.29, 0.717) is 12.5 Å². The highest BCUT2D eigenvalue weighted by atomic mass is 16.3. The van der Waals surface area contributed by atoms with Crippen LogP contribution in [0.5, 0.6) is 0 Å². The highest BCUT2D eigenvalue weighted by Gasteiger charge is 2.28. The molecule has 0 unspecified atom stereocenters. The van der Waals surface area contributed by atoms with Gasteiger partial charge in [0.25, 0.3) is 0 Å². The van der Waals surface area contributed by atoms with Gasteiger partial charge in [-0.3, -0.25) is 4.90 Å². The number of aldehydes is 1. The number of aliphatic hydroxyl groups is 1. The summed E-state index contributed by atoms with van der Waals surface area (Å²) in [5, 5.41) is 9.76. The van der Waals surface area contributed by atoms with Crippen LogP contribution in [0.1, 0.15) is 43.7 Å². The molecule has 1 aromatic carbocycles. The van der Waals surface area contributed by atoms with Crippen LogP contribution >= 0.6 is 0 Å². The van der Waals surface area contributed by atoms with Crippen LogP contribution in [-0.2, 0) is 4.79 Å². The molecule has 3 heteroatoms. The van der Waals surface area contributed by atoms with Crippen LogP contribution in [0.25, 0.3) is 0 Å². The third-order valence-corrected chi connectivity index (χ3v) is 4.05. The van der Waals surface area contributed by atoms with Gasteiger partial charge >= 0.3 is 0 Å². The topological polar surface area (TPSA) is 40.5 Å². The molecule has 19 heavy (non-hydrogen) atoms. The first-order chi connectivity index (χ1) is 9.36. The van der Waals surface area contributed by atoms with E-state index in [1.165, 1.54) is 18.4 Å². The predicted molar refractivity (Wildman–Crippen MR) is 75.9 cm³/mol. The summed E-state index contributed by atoms with van der Waals surface area (Å²) in [4.78, 5) is 13.0. The Bertz CT molecular complexity index is 380. The lowest BCUT2D eigenvalue weighted by Crippen LogP contribution is -2.43. The Labute approximate surface area is 115 Å². The molecule has 0 bridgehead atoms. The lowest BCUT2D eigenvalue weighted by molar-refractivity contribution is -0.108. The molecule has 2 atom stereocenters. The summed E-state index contributed by atoms with van der Waals surface area (Å²) in [5.41, 5.74) is 1.17. The van der Waals surface area contributed by atoms with E-state index in [1.54, 1.807) is 0 Å². The van der Waals surface area contributed by atoms with E-state index in [1.807, 2.05) is 18.2 Å². The molecule has 1 fully saturated rings. The van der Waals surface area contributed by atoms with Gasteiger partial charge in [0.15, 0.2) is 0 Å². The number of hydrogen-bond donors (Lipinski definition) is 1. The molecule has 1 aliphatic rings. The standard InChI is InChI=1S/C16H23NO2/c18-12-6-10-15-9-4-5-11-17(15)16(13-19)14-7-2-1-3-8-14/h1-3,7-8,12,15-16,19H,4-6,9-11,13H2/t15-,16-/m1/s1. The minimum atomic E-state index is 0.0677. The molecule has 1 aromatic rings. The summed E-state index contributed by atoms with van der Waals surface area (Å²) >= 11 is 0. The highest BCUT2D eigenvalue weighted by Crippen LogP contribution is 2.30. The Morgan fingerprint density at radius 2 is 2.11 bits per heavy atom. The second kappa shape index (κ2) is 7.41. The molecular formula is C16H23NO2. The van der Waals surface area contributed by atoms with Gasteiger partial charge in [-0.05, 0) is 31.4 Å². The van der Waals surface area contributed by atoms with Crippen LogP contribution in [0, 0.1) is 0 Å². The van der Waals surface area contributed by atoms with Gasteiger partial charge in [0, 0.05) is 12.5 Å². The molecular weight excluding hydrogens is 238 g/mol. The van der Waals surface area contributed by atoms with Gasteiger partial charge in [-0.2, -0.15) is 0 Å². The normalized spacial score (nSPS) is 22.1. The Morgan fingerprint density at radius 1 is 1.32 bits per heavy atom. The monoisotopic (exact) mass is 261 g/mol. The summed E-state index contributed by atoms with van der Waals surface area (Å²) in [6, 6.07) is 10.7. The number of carbonyl (C=O) groups excluding carboxylic acids is 1. The van der Waals surface area contributed by atoms with Gasteiger partial charge in [0.05, 0.1) is 12.6 Å². The average molecular weight is 261 g/mol. The Hall–Kier alpha value is -1.19. The number of rotatable bonds is 6. The zero-order valence-corrected chi connectivity index (χ0v) is 11.4. The zero-order valence-electron chi connectivity index (χ0n) is 11.4. The first-order valence-electron chi connectivity index (χ1n) is 7.22. The maximum Gasteiger partial charge on any atom is 0.120 e. The van der Waals surface area contributed by atoms with Crippen molar-refractivity contribution in [2.24, 2.45) is 0 Å². The second-order valence-electron chi connectivity index (χ2n) is 5.24. The first kappa shape index (κ1) is 14.2. The smallest absolute Gasteiger partial charge is 0.120 e. The fraction of sp³-hybridized carbons (Fsp3) is 0.562. The van der Waals surface area contributed by atoms with Crippen LogP contribution in [0.3, 0.4) is 0 Å². The van der Waals surface area contributed by atoms with Crippen molar-refractivity contribution in [1.29, 1.82) is 0 Å². The van der Waals surface area contributed by atoms with Crippen LogP contribution in [0.4, 0.5) is 0 Å². The van der Waals surface area contributed by atoms with Gasteiger partial charge in [-0.25, -0.2) is 0 Å². The molecule has 1 saturated heterocycles. The second-order valence-corrected chi connectivity index (χ2v) is 5.24. The van der Waals surface area contributed by atoms with Gasteiger partial charge in [0.2, 0.25) is 0 Å². The van der Waals surface area contributed by atoms with Crippen molar-refractivity contribution >= 4 is 6.29 Å². The third-order valence-electron chi connectivity index (χ3n) is 4.05. The Balaban J connectivity index is 2.12. The number of piperidine rings is 1. The van der Waals surface area contributed by atoms with Crippen molar-refractivity contribution < 1.29 is 9.90 Å². The molecule has 3 nitrogen and oxygen atoms in total. The molecule has 1 heterocycles. The lowest BCUT2D eigenvalue weighted by atomic mass is 9.94. The van der Waals surface area contributed by atoms with Gasteiger partial charge in [0.1, 0.15) is 6.29 Å². The van der Waals surface area contributed by atoms with Crippen molar-refractivity contribution in [2.75, 3.05) is 13.2 Å². The van der Waals surface area contributed by atoms with Crippen LogP contribution in [0.15, 0.2) is 30.3 Å². The molecule has 104 valence electrons. The zero-order chi connectivity index (χ0) is 13.5. The van der Waals surface area contributed by atoms with Gasteiger partial charge in [-0.1, -0.05) is 36.8 Å². The SMILES string of the molecule is O=CCC[C@H]1CCCCN1[C@H](CO)c1ccccc1. The number of aliphatic hydroxyl groups excluding tert-OH is 1. The minimum Gasteiger partial charge on any atom is -0.394 e. The molecule has 0 aliphatic carbocycles. The van der Waals surface area contributed by atoms with Gasteiger partial charge in [-0.15, -0.1) is 0 Å². The summed E-state index contributed by atoms with van der Waals surface area (Å²) in [7, 11) is 0. The summed E-state index contributed by atoms with van der Waals surface area (Å²) in [5.74, 6) is 0. The van der Waals surface area contributed by atoms with E-state index in [2.05, 4.69) is 17.0 Å². The number of hydrogen-bond acceptors (Lipinski definition) is 3. The van der Waals surface area contributed by atoms with E-state index in [-0.39, 0.29) is 12.6 Å². The number of benzene rings is 1. The van der Waals surface area contributed by atoms with E-state index in [4.69, 9.17) is 0 Å². The molecule has 1 N–H and O–H groups in total. The fourth-order valence-corrected chi connectivity index (χ4v) is 3.08. The Morgan fingerprint density at radius 3 is 2.79 bits per heavy atom. The number of carbonyl (C=O) groups is 1. The van der Waals surface area contributed by atoms with Crippen molar-refractivity contribution in [3.05, 3.63) is 35.9 Å². The van der Waals surface area contributed by atoms with Crippen molar-refractivity contribution in [3.8, 4) is 0 Å². The molecule has 0 spiro atoms. The van der Waals surface area contributed by atoms with E-state index >= 15 is 0 Å². The van der Waals surface area contributed by atoms with Gasteiger partial charge < -0.3 is 9.90 Å². The average Bonchev–Trinajstić information content (AvgIpc) is 2.48. The summed E-state index contributed by atoms with van der Waals surface area (Å²) in [6.07, 6.45) is 6.08. The van der Waals surface area contributed by atoms with Crippen LogP contribution in [-0.4, -0.2) is 35.5 Å². The fourth-order valence-electron chi connectivity index (χ4n) is 3.08. The van der Waals surface area contributed by atoms with Crippen LogP contribution < -0.4 is 0 Å². The molecule has 0 radical (unpaired) electrons. The largest absolute Gasteiger partial charge is 0.394 e. The molecule has 1 aliphatic heterocycles. The van der Waals surface area contributed by atoms with E-state index in [0.717, 1.165) is 25.7 Å². The summed E-state index contributed by atoms with van der Waals surface area (Å²) < 4.78 is 0. The van der Waals surface area contributed by atoms with Crippen molar-refractivity contribution in [2.45, 2.75) is 44.2 Å². The van der Waals surface area contributed by atoms with Crippen molar-refractivity contribution in [1.82, 2.24) is 4.90 Å². The maximum absolute atomic E-state index is 10.6. The first-order valence-corrected chi connectivity index (χ1v) is 7.22. The van der Waals surface area contributed by atoms with E-state index < -0.39 is 0 Å². The molecule has 0 aromatic heterocycles. The van der Waals surface area contributed by atoms with Crippen LogP contribution in [0.2, 0.25) is 0 Å². The minimum absolute atomic E-state index is 0.0677. The Kier molecular flexibility index (Phi) is 5.55.